The molecule has 0 fully saturated rings. The Balaban J connectivity index is 2.18. The zero-order valence-electron chi connectivity index (χ0n) is 7.78. The lowest BCUT2D eigenvalue weighted by atomic mass is 9.92. The van der Waals surface area contributed by atoms with Gasteiger partial charge in [0.05, 0.1) is 5.38 Å². The lowest BCUT2D eigenvalue weighted by Crippen LogP contribution is -2.12. The quantitative estimate of drug-likeness (QED) is 0.628. The SMILES string of the molecule is ClC1C=CC(Br)=C2Sc3ccccc3C21. The highest BCUT2D eigenvalue weighted by Gasteiger charge is 2.35. The molecule has 1 heterocycles. The van der Waals surface area contributed by atoms with Crippen molar-refractivity contribution in [2.75, 3.05) is 0 Å². The molecule has 1 aromatic rings. The predicted octanol–water partition coefficient (Wildman–Crippen LogP) is 4.66. The highest BCUT2D eigenvalue weighted by molar-refractivity contribution is 9.12. The van der Waals surface area contributed by atoms with Crippen LogP contribution in [0.1, 0.15) is 11.5 Å². The van der Waals surface area contributed by atoms with Crippen LogP contribution in [0.3, 0.4) is 0 Å². The molecule has 0 spiro atoms. The average molecular weight is 300 g/mol. The van der Waals surface area contributed by atoms with Gasteiger partial charge in [-0.15, -0.1) is 11.6 Å². The second kappa shape index (κ2) is 3.69. The molecule has 0 N–H and O–H groups in total. The van der Waals surface area contributed by atoms with Crippen molar-refractivity contribution in [1.82, 2.24) is 0 Å². The molecule has 76 valence electrons. The van der Waals surface area contributed by atoms with Crippen LogP contribution >= 0.6 is 39.3 Å². The van der Waals surface area contributed by atoms with Crippen molar-refractivity contribution in [1.29, 1.82) is 0 Å². The number of thioether (sulfide) groups is 1. The Hall–Kier alpha value is -0.180. The predicted molar refractivity (Wildman–Crippen MR) is 69.8 cm³/mol. The normalized spacial score (nSPS) is 27.9. The first-order valence-electron chi connectivity index (χ1n) is 4.76. The summed E-state index contributed by atoms with van der Waals surface area (Å²) in [6.45, 7) is 0. The van der Waals surface area contributed by atoms with Gasteiger partial charge in [0.2, 0.25) is 0 Å². The van der Waals surface area contributed by atoms with E-state index >= 15 is 0 Å². The van der Waals surface area contributed by atoms with E-state index in [1.54, 1.807) is 0 Å². The summed E-state index contributed by atoms with van der Waals surface area (Å²) >= 11 is 11.8. The van der Waals surface area contributed by atoms with E-state index in [4.69, 9.17) is 11.6 Å². The van der Waals surface area contributed by atoms with Crippen molar-refractivity contribution < 1.29 is 0 Å². The largest absolute Gasteiger partial charge is 0.117 e. The van der Waals surface area contributed by atoms with Crippen LogP contribution in [0.25, 0.3) is 0 Å². The summed E-state index contributed by atoms with van der Waals surface area (Å²) in [4.78, 5) is 2.68. The fraction of sp³-hybridized carbons (Fsp3) is 0.167. The molecule has 15 heavy (non-hydrogen) atoms. The van der Waals surface area contributed by atoms with E-state index in [2.05, 4.69) is 52.3 Å². The van der Waals surface area contributed by atoms with Gasteiger partial charge in [-0.25, -0.2) is 0 Å². The third-order valence-corrected chi connectivity index (χ3v) is 5.37. The van der Waals surface area contributed by atoms with Crippen LogP contribution in [0.4, 0.5) is 0 Å². The molecule has 1 aliphatic carbocycles. The number of rotatable bonds is 0. The summed E-state index contributed by atoms with van der Waals surface area (Å²) in [6.07, 6.45) is 4.12. The topological polar surface area (TPSA) is 0 Å². The van der Waals surface area contributed by atoms with Gasteiger partial charge in [-0.1, -0.05) is 36.0 Å². The van der Waals surface area contributed by atoms with Crippen LogP contribution in [0.5, 0.6) is 0 Å². The first-order valence-corrected chi connectivity index (χ1v) is 6.80. The van der Waals surface area contributed by atoms with Crippen molar-refractivity contribution in [2.45, 2.75) is 16.2 Å². The maximum Gasteiger partial charge on any atom is 0.0634 e. The number of halogens is 2. The molecule has 2 atom stereocenters. The molecule has 0 saturated carbocycles. The molecule has 1 aromatic carbocycles. The Bertz CT molecular complexity index is 478. The second-order valence-corrected chi connectivity index (χ2v) is 6.08. The van der Waals surface area contributed by atoms with E-state index in [0.717, 1.165) is 0 Å². The first-order chi connectivity index (χ1) is 7.27. The number of hydrogen-bond donors (Lipinski definition) is 0. The maximum absolute atomic E-state index is 6.36. The van der Waals surface area contributed by atoms with Crippen LogP contribution in [-0.4, -0.2) is 5.38 Å². The molecule has 0 aromatic heterocycles. The van der Waals surface area contributed by atoms with Gasteiger partial charge in [-0.2, -0.15) is 0 Å². The van der Waals surface area contributed by atoms with Gasteiger partial charge in [-0.3, -0.25) is 0 Å². The number of alkyl halides is 1. The minimum Gasteiger partial charge on any atom is -0.117 e. The van der Waals surface area contributed by atoms with Crippen LogP contribution in [0.2, 0.25) is 0 Å². The zero-order valence-corrected chi connectivity index (χ0v) is 10.9. The van der Waals surface area contributed by atoms with E-state index in [0.29, 0.717) is 5.92 Å². The van der Waals surface area contributed by atoms with Gasteiger partial charge in [0.25, 0.3) is 0 Å². The standard InChI is InChI=1S/C12H8BrClS/c13-8-5-6-9(14)11-7-3-1-2-4-10(7)15-12(8)11/h1-6,9,11H. The molecular formula is C12H8BrClS. The number of benzene rings is 1. The number of fused-ring (bicyclic) bond motifs is 3. The summed E-state index contributed by atoms with van der Waals surface area (Å²) in [5.41, 5.74) is 1.36. The van der Waals surface area contributed by atoms with Crippen molar-refractivity contribution in [3.05, 3.63) is 51.4 Å². The monoisotopic (exact) mass is 298 g/mol. The lowest BCUT2D eigenvalue weighted by molar-refractivity contribution is 0.843. The van der Waals surface area contributed by atoms with Gasteiger partial charge in [0.15, 0.2) is 0 Å². The Morgan fingerprint density at radius 3 is 2.93 bits per heavy atom. The van der Waals surface area contributed by atoms with E-state index < -0.39 is 0 Å². The highest BCUT2D eigenvalue weighted by atomic mass is 79.9. The van der Waals surface area contributed by atoms with Crippen molar-refractivity contribution >= 4 is 39.3 Å². The molecule has 0 radical (unpaired) electrons. The van der Waals surface area contributed by atoms with Crippen molar-refractivity contribution in [2.24, 2.45) is 0 Å². The van der Waals surface area contributed by atoms with E-state index in [9.17, 15) is 0 Å². The third kappa shape index (κ3) is 1.50. The molecule has 0 amide bonds. The minimum atomic E-state index is 0.0810. The zero-order chi connectivity index (χ0) is 10.4. The minimum absolute atomic E-state index is 0.0810. The summed E-state index contributed by atoms with van der Waals surface area (Å²) < 4.78 is 1.17. The van der Waals surface area contributed by atoms with Gasteiger partial charge in [-0.05, 0) is 33.6 Å². The molecular weight excluding hydrogens is 292 g/mol. The van der Waals surface area contributed by atoms with E-state index in [1.807, 2.05) is 11.8 Å². The number of allylic oxidation sites excluding steroid dienone is 4. The van der Waals surface area contributed by atoms with Crippen molar-refractivity contribution in [3.8, 4) is 0 Å². The Morgan fingerprint density at radius 1 is 1.27 bits per heavy atom. The third-order valence-electron chi connectivity index (χ3n) is 2.74. The molecule has 0 bridgehead atoms. The lowest BCUT2D eigenvalue weighted by Gasteiger charge is -2.20. The molecule has 0 nitrogen and oxygen atoms in total. The van der Waals surface area contributed by atoms with Crippen LogP contribution in [0, 0.1) is 0 Å². The number of hydrogen-bond acceptors (Lipinski definition) is 1. The maximum atomic E-state index is 6.36. The summed E-state index contributed by atoms with van der Waals surface area (Å²) in [5.74, 6) is 0.340. The fourth-order valence-corrected chi connectivity index (χ4v) is 4.35. The van der Waals surface area contributed by atoms with E-state index in [1.165, 1.54) is 19.8 Å². The smallest absolute Gasteiger partial charge is 0.0634 e. The summed E-state index contributed by atoms with van der Waals surface area (Å²) in [6, 6.07) is 8.50. The second-order valence-electron chi connectivity index (χ2n) is 3.63. The molecule has 2 aliphatic rings. The van der Waals surface area contributed by atoms with Gasteiger partial charge in [0, 0.05) is 20.2 Å². The summed E-state index contributed by atoms with van der Waals surface area (Å²) in [7, 11) is 0. The van der Waals surface area contributed by atoms with Crippen molar-refractivity contribution in [3.63, 3.8) is 0 Å². The highest BCUT2D eigenvalue weighted by Crippen LogP contribution is 2.55. The van der Waals surface area contributed by atoms with Crippen LogP contribution in [-0.2, 0) is 0 Å². The van der Waals surface area contributed by atoms with Gasteiger partial charge < -0.3 is 0 Å². The molecule has 0 saturated heterocycles. The Morgan fingerprint density at radius 2 is 2.07 bits per heavy atom. The average Bonchev–Trinajstić information content (AvgIpc) is 2.64. The summed E-state index contributed by atoms with van der Waals surface area (Å²) in [5, 5.41) is 0.0810. The van der Waals surface area contributed by atoms with Gasteiger partial charge >= 0.3 is 0 Å². The Labute approximate surface area is 107 Å². The fourth-order valence-electron chi connectivity index (χ4n) is 2.04. The van der Waals surface area contributed by atoms with Crippen LogP contribution in [0.15, 0.2) is 50.7 Å². The van der Waals surface area contributed by atoms with E-state index in [-0.39, 0.29) is 5.38 Å². The molecule has 3 rings (SSSR count). The molecule has 1 aliphatic heterocycles. The first kappa shape index (κ1) is 10.0. The van der Waals surface area contributed by atoms with Crippen LogP contribution < -0.4 is 0 Å². The molecule has 3 heteroatoms. The van der Waals surface area contributed by atoms with Gasteiger partial charge in [0.1, 0.15) is 0 Å². The Kier molecular flexibility index (Phi) is 2.46. The molecule has 2 unspecified atom stereocenters.